The standard InChI is InChI=1S/C15H15BrCl2N2/c1-20(2)15-13(18)4-3-5-14(15)19-9-10-6-7-11(17)8-12(10)16/h3-8,19H,9H2,1-2H3. The number of anilines is 2. The zero-order valence-electron chi connectivity index (χ0n) is 11.3. The molecular formula is C15H15BrCl2N2. The highest BCUT2D eigenvalue weighted by molar-refractivity contribution is 9.10. The van der Waals surface area contributed by atoms with Gasteiger partial charge in [0.15, 0.2) is 0 Å². The van der Waals surface area contributed by atoms with Crippen LogP contribution in [0.5, 0.6) is 0 Å². The van der Waals surface area contributed by atoms with Crippen molar-refractivity contribution in [3.63, 3.8) is 0 Å². The van der Waals surface area contributed by atoms with Crippen LogP contribution in [0, 0.1) is 0 Å². The Morgan fingerprint density at radius 3 is 2.55 bits per heavy atom. The van der Waals surface area contributed by atoms with Crippen LogP contribution in [0.2, 0.25) is 10.0 Å². The summed E-state index contributed by atoms with van der Waals surface area (Å²) in [7, 11) is 3.95. The molecule has 0 spiro atoms. The molecule has 20 heavy (non-hydrogen) atoms. The predicted molar refractivity (Wildman–Crippen MR) is 92.3 cm³/mol. The van der Waals surface area contributed by atoms with Gasteiger partial charge in [-0.05, 0) is 29.8 Å². The van der Waals surface area contributed by atoms with Crippen molar-refractivity contribution in [2.24, 2.45) is 0 Å². The molecule has 2 aromatic rings. The molecular weight excluding hydrogens is 359 g/mol. The van der Waals surface area contributed by atoms with Crippen molar-refractivity contribution in [1.29, 1.82) is 0 Å². The molecule has 5 heteroatoms. The maximum Gasteiger partial charge on any atom is 0.0786 e. The van der Waals surface area contributed by atoms with Crippen LogP contribution in [0.1, 0.15) is 5.56 Å². The van der Waals surface area contributed by atoms with Gasteiger partial charge in [0.1, 0.15) is 0 Å². The molecule has 0 unspecified atom stereocenters. The van der Waals surface area contributed by atoms with E-state index < -0.39 is 0 Å². The van der Waals surface area contributed by atoms with E-state index in [1.165, 1.54) is 0 Å². The maximum absolute atomic E-state index is 6.25. The first-order chi connectivity index (χ1) is 9.49. The van der Waals surface area contributed by atoms with E-state index in [9.17, 15) is 0 Å². The number of nitrogens with zero attached hydrogens (tertiary/aromatic N) is 1. The minimum Gasteiger partial charge on any atom is -0.379 e. The second-order valence-electron chi connectivity index (χ2n) is 4.62. The third-order valence-electron chi connectivity index (χ3n) is 2.92. The number of nitrogens with one attached hydrogen (secondary N) is 1. The summed E-state index contributed by atoms with van der Waals surface area (Å²) >= 11 is 15.7. The topological polar surface area (TPSA) is 15.3 Å². The molecule has 106 valence electrons. The number of para-hydroxylation sites is 1. The van der Waals surface area contributed by atoms with E-state index in [0.29, 0.717) is 6.54 Å². The normalized spacial score (nSPS) is 10.4. The van der Waals surface area contributed by atoms with Gasteiger partial charge in [-0.1, -0.05) is 51.3 Å². The molecule has 1 N–H and O–H groups in total. The van der Waals surface area contributed by atoms with E-state index in [1.807, 2.05) is 55.4 Å². The Morgan fingerprint density at radius 2 is 1.90 bits per heavy atom. The average Bonchev–Trinajstić information content (AvgIpc) is 2.37. The van der Waals surface area contributed by atoms with Crippen molar-refractivity contribution < 1.29 is 0 Å². The van der Waals surface area contributed by atoms with E-state index in [4.69, 9.17) is 23.2 Å². The zero-order chi connectivity index (χ0) is 14.7. The third-order valence-corrected chi connectivity index (χ3v) is 4.20. The Balaban J connectivity index is 2.21. The van der Waals surface area contributed by atoms with Crippen molar-refractivity contribution >= 4 is 50.5 Å². The molecule has 0 aliphatic rings. The Hall–Kier alpha value is -0.900. The summed E-state index contributed by atoms with van der Waals surface area (Å²) in [6.45, 7) is 0.693. The second-order valence-corrected chi connectivity index (χ2v) is 6.32. The van der Waals surface area contributed by atoms with Gasteiger partial charge in [0, 0.05) is 30.1 Å². The Kier molecular flexibility index (Phi) is 5.19. The zero-order valence-corrected chi connectivity index (χ0v) is 14.4. The molecule has 2 nitrogen and oxygen atoms in total. The van der Waals surface area contributed by atoms with Gasteiger partial charge >= 0.3 is 0 Å². The van der Waals surface area contributed by atoms with E-state index in [2.05, 4.69) is 21.2 Å². The molecule has 0 saturated carbocycles. The van der Waals surface area contributed by atoms with Crippen LogP contribution >= 0.6 is 39.1 Å². The summed E-state index contributed by atoms with van der Waals surface area (Å²) < 4.78 is 0.992. The van der Waals surface area contributed by atoms with Gasteiger partial charge < -0.3 is 10.2 Å². The second kappa shape index (κ2) is 6.70. The van der Waals surface area contributed by atoms with Crippen LogP contribution in [0.3, 0.4) is 0 Å². The molecule has 0 heterocycles. The fraction of sp³-hybridized carbons (Fsp3) is 0.200. The smallest absolute Gasteiger partial charge is 0.0786 e. The molecule has 0 saturated heterocycles. The Labute approximate surface area is 137 Å². The fourth-order valence-corrected chi connectivity index (χ4v) is 3.13. The molecule has 0 atom stereocenters. The lowest BCUT2D eigenvalue weighted by Crippen LogP contribution is -2.13. The van der Waals surface area contributed by atoms with Crippen molar-refractivity contribution in [3.05, 3.63) is 56.5 Å². The lowest BCUT2D eigenvalue weighted by molar-refractivity contribution is 1.10. The van der Waals surface area contributed by atoms with E-state index in [-0.39, 0.29) is 0 Å². The molecule has 0 radical (unpaired) electrons. The summed E-state index contributed by atoms with van der Waals surface area (Å²) in [4.78, 5) is 2.00. The number of hydrogen-bond acceptors (Lipinski definition) is 2. The monoisotopic (exact) mass is 372 g/mol. The van der Waals surface area contributed by atoms with E-state index in [1.54, 1.807) is 0 Å². The molecule has 0 aliphatic carbocycles. The summed E-state index contributed by atoms with van der Waals surface area (Å²) in [5.74, 6) is 0. The highest BCUT2D eigenvalue weighted by Gasteiger charge is 2.09. The van der Waals surface area contributed by atoms with Gasteiger partial charge in [0.25, 0.3) is 0 Å². The van der Waals surface area contributed by atoms with E-state index in [0.717, 1.165) is 31.5 Å². The van der Waals surface area contributed by atoms with Crippen LogP contribution in [-0.4, -0.2) is 14.1 Å². The SMILES string of the molecule is CN(C)c1c(Cl)cccc1NCc1ccc(Cl)cc1Br. The van der Waals surface area contributed by atoms with Crippen LogP contribution in [0.15, 0.2) is 40.9 Å². The first-order valence-electron chi connectivity index (χ1n) is 6.12. The number of halogens is 3. The lowest BCUT2D eigenvalue weighted by Gasteiger charge is -2.20. The van der Waals surface area contributed by atoms with Gasteiger partial charge in [-0.15, -0.1) is 0 Å². The minimum absolute atomic E-state index is 0.693. The minimum atomic E-state index is 0.693. The fourth-order valence-electron chi connectivity index (χ4n) is 1.97. The highest BCUT2D eigenvalue weighted by atomic mass is 79.9. The summed E-state index contributed by atoms with van der Waals surface area (Å²) in [6.07, 6.45) is 0. The van der Waals surface area contributed by atoms with Crippen LogP contribution in [0.25, 0.3) is 0 Å². The van der Waals surface area contributed by atoms with Crippen LogP contribution < -0.4 is 10.2 Å². The van der Waals surface area contributed by atoms with Gasteiger partial charge in [-0.3, -0.25) is 0 Å². The molecule has 0 fully saturated rings. The van der Waals surface area contributed by atoms with Gasteiger partial charge in [-0.25, -0.2) is 0 Å². The average molecular weight is 374 g/mol. The molecule has 0 bridgehead atoms. The Bertz CT molecular complexity index is 615. The van der Waals surface area contributed by atoms with Crippen LogP contribution in [0.4, 0.5) is 11.4 Å². The highest BCUT2D eigenvalue weighted by Crippen LogP contribution is 2.33. The quantitative estimate of drug-likeness (QED) is 0.768. The largest absolute Gasteiger partial charge is 0.379 e. The number of benzene rings is 2. The maximum atomic E-state index is 6.25. The molecule has 0 aliphatic heterocycles. The Morgan fingerprint density at radius 1 is 1.15 bits per heavy atom. The van der Waals surface area contributed by atoms with Gasteiger partial charge in [-0.2, -0.15) is 0 Å². The van der Waals surface area contributed by atoms with Crippen molar-refractivity contribution in [1.82, 2.24) is 0 Å². The third kappa shape index (κ3) is 3.60. The summed E-state index contributed by atoms with van der Waals surface area (Å²) in [5, 5.41) is 4.86. The summed E-state index contributed by atoms with van der Waals surface area (Å²) in [5.41, 5.74) is 3.13. The van der Waals surface area contributed by atoms with Gasteiger partial charge in [0.2, 0.25) is 0 Å². The van der Waals surface area contributed by atoms with E-state index >= 15 is 0 Å². The first-order valence-corrected chi connectivity index (χ1v) is 7.67. The van der Waals surface area contributed by atoms with Crippen molar-refractivity contribution in [2.45, 2.75) is 6.54 Å². The van der Waals surface area contributed by atoms with Crippen molar-refractivity contribution in [2.75, 3.05) is 24.3 Å². The molecule has 0 amide bonds. The summed E-state index contributed by atoms with van der Waals surface area (Å²) in [6, 6.07) is 11.6. The molecule has 2 rings (SSSR count). The predicted octanol–water partition coefficient (Wildman–Crippen LogP) is 5.43. The van der Waals surface area contributed by atoms with Gasteiger partial charge in [0.05, 0.1) is 16.4 Å². The first kappa shape index (κ1) is 15.5. The van der Waals surface area contributed by atoms with Crippen molar-refractivity contribution in [3.8, 4) is 0 Å². The molecule has 0 aromatic heterocycles. The number of hydrogen-bond donors (Lipinski definition) is 1. The van der Waals surface area contributed by atoms with Crippen LogP contribution in [-0.2, 0) is 6.54 Å². The molecule has 2 aromatic carbocycles. The number of rotatable bonds is 4. The lowest BCUT2D eigenvalue weighted by atomic mass is 10.2.